The normalized spacial score (nSPS) is 18.9. The van der Waals surface area contributed by atoms with Gasteiger partial charge in [0.05, 0.1) is 12.3 Å². The number of nitrogens with zero attached hydrogens (tertiary/aromatic N) is 3. The summed E-state index contributed by atoms with van der Waals surface area (Å²) in [5.74, 6) is 1.50. The molecule has 5 heteroatoms. The summed E-state index contributed by atoms with van der Waals surface area (Å²) < 4.78 is 6.08. The minimum absolute atomic E-state index is 0.180. The summed E-state index contributed by atoms with van der Waals surface area (Å²) in [6.07, 6.45) is 1.42. The highest BCUT2D eigenvalue weighted by molar-refractivity contribution is 5.96. The van der Waals surface area contributed by atoms with Crippen LogP contribution >= 0.6 is 0 Å². The fraction of sp³-hybridized carbons (Fsp3) is 0.480. The van der Waals surface area contributed by atoms with Crippen LogP contribution in [0.2, 0.25) is 0 Å². The van der Waals surface area contributed by atoms with Gasteiger partial charge in [-0.3, -0.25) is 9.69 Å². The molecular weight excluding hydrogens is 374 g/mol. The van der Waals surface area contributed by atoms with Crippen LogP contribution < -0.4 is 9.64 Å². The Bertz CT molecular complexity index is 847. The summed E-state index contributed by atoms with van der Waals surface area (Å²) in [7, 11) is 1.85. The second-order valence-electron chi connectivity index (χ2n) is 8.72. The molecule has 160 valence electrons. The molecule has 0 spiro atoms. The Morgan fingerprint density at radius 1 is 0.967 bits per heavy atom. The first kappa shape index (κ1) is 20.9. The molecule has 2 aliphatic rings. The van der Waals surface area contributed by atoms with Gasteiger partial charge in [-0.15, -0.1) is 0 Å². The summed E-state index contributed by atoms with van der Waals surface area (Å²) in [5.41, 5.74) is 3.61. The SMILES string of the molecule is CC(COc1ccc2c(c1)N(C)C(=O)CC2)CN1CCN(Cc2ccccc2)CC1. The van der Waals surface area contributed by atoms with Gasteiger partial charge in [-0.05, 0) is 23.6 Å². The Kier molecular flexibility index (Phi) is 6.70. The van der Waals surface area contributed by atoms with E-state index in [1.54, 1.807) is 4.90 Å². The molecule has 0 aromatic heterocycles. The van der Waals surface area contributed by atoms with Crippen LogP contribution in [0, 0.1) is 5.92 Å². The van der Waals surface area contributed by atoms with Crippen molar-refractivity contribution in [1.29, 1.82) is 0 Å². The fourth-order valence-electron chi connectivity index (χ4n) is 4.40. The number of anilines is 1. The smallest absolute Gasteiger partial charge is 0.227 e. The molecule has 2 aromatic rings. The monoisotopic (exact) mass is 407 g/mol. The van der Waals surface area contributed by atoms with E-state index in [1.165, 1.54) is 11.1 Å². The number of hydrogen-bond donors (Lipinski definition) is 0. The van der Waals surface area contributed by atoms with Crippen molar-refractivity contribution in [3.63, 3.8) is 0 Å². The minimum Gasteiger partial charge on any atom is -0.493 e. The average molecular weight is 408 g/mol. The van der Waals surface area contributed by atoms with Gasteiger partial charge in [-0.2, -0.15) is 0 Å². The van der Waals surface area contributed by atoms with Crippen LogP contribution in [0.15, 0.2) is 48.5 Å². The van der Waals surface area contributed by atoms with Gasteiger partial charge in [0, 0.05) is 64.7 Å². The Hall–Kier alpha value is -2.37. The second-order valence-corrected chi connectivity index (χ2v) is 8.72. The standard InChI is InChI=1S/C25H33N3O2/c1-20(17-27-12-14-28(15-13-27)18-21-6-4-3-5-7-21)19-30-23-10-8-22-9-11-25(29)26(2)24(22)16-23/h3-8,10,16,20H,9,11-15,17-19H2,1-2H3. The Morgan fingerprint density at radius 3 is 2.47 bits per heavy atom. The lowest BCUT2D eigenvalue weighted by Gasteiger charge is -2.36. The molecule has 0 radical (unpaired) electrons. The molecule has 1 amide bonds. The number of rotatable bonds is 7. The predicted octanol–water partition coefficient (Wildman–Crippen LogP) is 3.43. The third-order valence-electron chi connectivity index (χ3n) is 6.22. The molecule has 2 aliphatic heterocycles. The summed E-state index contributed by atoms with van der Waals surface area (Å²) >= 11 is 0. The third kappa shape index (κ3) is 5.21. The van der Waals surface area contributed by atoms with Crippen LogP contribution in [0.25, 0.3) is 0 Å². The quantitative estimate of drug-likeness (QED) is 0.705. The highest BCUT2D eigenvalue weighted by atomic mass is 16.5. The molecule has 1 unspecified atom stereocenters. The van der Waals surface area contributed by atoms with Crippen molar-refractivity contribution in [3.05, 3.63) is 59.7 Å². The Balaban J connectivity index is 1.21. The summed E-state index contributed by atoms with van der Waals surface area (Å²) in [6, 6.07) is 16.9. The van der Waals surface area contributed by atoms with Gasteiger partial charge in [0.15, 0.2) is 0 Å². The van der Waals surface area contributed by atoms with E-state index < -0.39 is 0 Å². The summed E-state index contributed by atoms with van der Waals surface area (Å²) in [6.45, 7) is 9.52. The molecule has 1 fully saturated rings. The van der Waals surface area contributed by atoms with Gasteiger partial charge in [0.2, 0.25) is 5.91 Å². The molecule has 5 nitrogen and oxygen atoms in total. The van der Waals surface area contributed by atoms with Crippen molar-refractivity contribution in [3.8, 4) is 5.75 Å². The molecule has 2 aromatic carbocycles. The zero-order valence-corrected chi connectivity index (χ0v) is 18.2. The van der Waals surface area contributed by atoms with Crippen molar-refractivity contribution in [2.24, 2.45) is 5.92 Å². The van der Waals surface area contributed by atoms with Crippen molar-refractivity contribution in [2.45, 2.75) is 26.3 Å². The van der Waals surface area contributed by atoms with E-state index in [9.17, 15) is 4.79 Å². The van der Waals surface area contributed by atoms with Crippen LogP contribution in [0.4, 0.5) is 5.69 Å². The van der Waals surface area contributed by atoms with Gasteiger partial charge in [-0.1, -0.05) is 43.3 Å². The highest BCUT2D eigenvalue weighted by Crippen LogP contribution is 2.30. The van der Waals surface area contributed by atoms with Gasteiger partial charge >= 0.3 is 0 Å². The number of fused-ring (bicyclic) bond motifs is 1. The minimum atomic E-state index is 0.180. The first-order chi connectivity index (χ1) is 14.6. The topological polar surface area (TPSA) is 36.0 Å². The van der Waals surface area contributed by atoms with Crippen molar-refractivity contribution in [1.82, 2.24) is 9.80 Å². The Morgan fingerprint density at radius 2 is 1.70 bits per heavy atom. The number of benzene rings is 2. The highest BCUT2D eigenvalue weighted by Gasteiger charge is 2.22. The van der Waals surface area contributed by atoms with Crippen molar-refractivity contribution < 1.29 is 9.53 Å². The van der Waals surface area contributed by atoms with Crippen molar-refractivity contribution >= 4 is 11.6 Å². The van der Waals surface area contributed by atoms with Gasteiger partial charge < -0.3 is 14.5 Å². The molecular formula is C25H33N3O2. The molecule has 0 N–H and O–H groups in total. The van der Waals surface area contributed by atoms with E-state index in [1.807, 2.05) is 19.2 Å². The fourth-order valence-corrected chi connectivity index (χ4v) is 4.40. The van der Waals surface area contributed by atoms with Gasteiger partial charge in [0.25, 0.3) is 0 Å². The van der Waals surface area contributed by atoms with Crippen LogP contribution in [0.5, 0.6) is 5.75 Å². The van der Waals surface area contributed by atoms with Gasteiger partial charge in [0.1, 0.15) is 5.75 Å². The van der Waals surface area contributed by atoms with E-state index in [0.29, 0.717) is 18.9 Å². The van der Waals surface area contributed by atoms with Crippen LogP contribution in [0.1, 0.15) is 24.5 Å². The molecule has 0 saturated carbocycles. The van der Waals surface area contributed by atoms with Crippen LogP contribution in [0.3, 0.4) is 0 Å². The predicted molar refractivity (Wildman–Crippen MR) is 121 cm³/mol. The molecule has 0 bridgehead atoms. The molecule has 30 heavy (non-hydrogen) atoms. The zero-order chi connectivity index (χ0) is 20.9. The maximum Gasteiger partial charge on any atom is 0.227 e. The largest absolute Gasteiger partial charge is 0.493 e. The molecule has 1 saturated heterocycles. The molecule has 1 atom stereocenters. The van der Waals surface area contributed by atoms with Crippen LogP contribution in [-0.4, -0.2) is 62.1 Å². The van der Waals surface area contributed by atoms with Crippen LogP contribution in [-0.2, 0) is 17.8 Å². The third-order valence-corrected chi connectivity index (χ3v) is 6.22. The Labute approximate surface area is 180 Å². The maximum absolute atomic E-state index is 12.0. The lowest BCUT2D eigenvalue weighted by atomic mass is 10.0. The number of piperazine rings is 1. The number of hydrogen-bond acceptors (Lipinski definition) is 4. The average Bonchev–Trinajstić information content (AvgIpc) is 2.77. The number of amides is 1. The molecule has 2 heterocycles. The molecule has 4 rings (SSSR count). The van der Waals surface area contributed by atoms with E-state index >= 15 is 0 Å². The number of carbonyl (C=O) groups is 1. The van der Waals surface area contributed by atoms with E-state index in [-0.39, 0.29) is 5.91 Å². The van der Waals surface area contributed by atoms with Crippen molar-refractivity contribution in [2.75, 3.05) is 51.3 Å². The van der Waals surface area contributed by atoms with E-state index in [2.05, 4.69) is 53.1 Å². The first-order valence-electron chi connectivity index (χ1n) is 11.1. The lowest BCUT2D eigenvalue weighted by molar-refractivity contribution is -0.118. The van der Waals surface area contributed by atoms with E-state index in [4.69, 9.17) is 4.74 Å². The maximum atomic E-state index is 12.0. The zero-order valence-electron chi connectivity index (χ0n) is 18.2. The number of ether oxygens (including phenoxy) is 1. The summed E-state index contributed by atoms with van der Waals surface area (Å²) in [5, 5.41) is 0. The number of aryl methyl sites for hydroxylation is 1. The number of carbonyl (C=O) groups excluding carboxylic acids is 1. The van der Waals surface area contributed by atoms with Gasteiger partial charge in [-0.25, -0.2) is 0 Å². The molecule has 0 aliphatic carbocycles. The first-order valence-corrected chi connectivity index (χ1v) is 11.1. The van der Waals surface area contributed by atoms with E-state index in [0.717, 1.165) is 57.1 Å². The lowest BCUT2D eigenvalue weighted by Crippen LogP contribution is -2.47. The summed E-state index contributed by atoms with van der Waals surface area (Å²) in [4.78, 5) is 18.8. The second kappa shape index (κ2) is 9.63.